The Morgan fingerprint density at radius 3 is 3.19 bits per heavy atom. The SMILES string of the molecule is CC(N)c1nc2cnc3[nH]ccc3c2n1C1CCCOC1. The van der Waals surface area contributed by atoms with Gasteiger partial charge >= 0.3 is 0 Å². The van der Waals surface area contributed by atoms with Crippen molar-refractivity contribution in [3.8, 4) is 0 Å². The van der Waals surface area contributed by atoms with Gasteiger partial charge < -0.3 is 20.0 Å². The van der Waals surface area contributed by atoms with Crippen LogP contribution in [0.25, 0.3) is 22.1 Å². The van der Waals surface area contributed by atoms with E-state index in [1.165, 1.54) is 0 Å². The Bertz CT molecular complexity index is 782. The number of hydrogen-bond acceptors (Lipinski definition) is 4. The number of nitrogens with two attached hydrogens (primary N) is 1. The first-order valence-electron chi connectivity index (χ1n) is 7.43. The molecule has 0 aliphatic carbocycles. The summed E-state index contributed by atoms with van der Waals surface area (Å²) in [6.45, 7) is 3.54. The van der Waals surface area contributed by atoms with Crippen LogP contribution in [0.3, 0.4) is 0 Å². The van der Waals surface area contributed by atoms with E-state index in [-0.39, 0.29) is 6.04 Å². The molecular weight excluding hydrogens is 266 g/mol. The summed E-state index contributed by atoms with van der Waals surface area (Å²) in [5, 5.41) is 1.09. The van der Waals surface area contributed by atoms with Gasteiger partial charge in [0.1, 0.15) is 17.0 Å². The molecule has 1 saturated heterocycles. The molecule has 3 N–H and O–H groups in total. The minimum Gasteiger partial charge on any atom is -0.379 e. The molecule has 1 aliphatic heterocycles. The molecule has 6 nitrogen and oxygen atoms in total. The molecule has 6 heteroatoms. The van der Waals surface area contributed by atoms with Crippen molar-refractivity contribution in [2.45, 2.75) is 31.8 Å². The Hall–Kier alpha value is -1.92. The average molecular weight is 285 g/mol. The summed E-state index contributed by atoms with van der Waals surface area (Å²) in [6, 6.07) is 2.23. The van der Waals surface area contributed by atoms with Crippen molar-refractivity contribution < 1.29 is 4.74 Å². The largest absolute Gasteiger partial charge is 0.379 e. The van der Waals surface area contributed by atoms with Crippen LogP contribution in [-0.4, -0.2) is 32.7 Å². The summed E-state index contributed by atoms with van der Waals surface area (Å²) >= 11 is 0. The van der Waals surface area contributed by atoms with Crippen LogP contribution >= 0.6 is 0 Å². The number of nitrogens with one attached hydrogen (secondary N) is 1. The van der Waals surface area contributed by atoms with Crippen molar-refractivity contribution >= 4 is 22.1 Å². The monoisotopic (exact) mass is 285 g/mol. The third-order valence-corrected chi connectivity index (χ3v) is 4.17. The Kier molecular flexibility index (Phi) is 2.94. The topological polar surface area (TPSA) is 81.8 Å². The lowest BCUT2D eigenvalue weighted by Gasteiger charge is -2.26. The third-order valence-electron chi connectivity index (χ3n) is 4.17. The quantitative estimate of drug-likeness (QED) is 0.757. The van der Waals surface area contributed by atoms with Crippen molar-refractivity contribution in [2.75, 3.05) is 13.2 Å². The number of aromatic nitrogens is 4. The van der Waals surface area contributed by atoms with Gasteiger partial charge in [0, 0.05) is 18.2 Å². The summed E-state index contributed by atoms with van der Waals surface area (Å²) in [5.74, 6) is 0.913. The molecule has 2 atom stereocenters. The van der Waals surface area contributed by atoms with Gasteiger partial charge in [0.05, 0.1) is 30.4 Å². The van der Waals surface area contributed by atoms with Crippen LogP contribution in [-0.2, 0) is 4.74 Å². The molecule has 110 valence electrons. The molecule has 4 heterocycles. The second-order valence-corrected chi connectivity index (χ2v) is 5.73. The molecular formula is C15H19N5O. The molecule has 4 rings (SSSR count). The van der Waals surface area contributed by atoms with Crippen molar-refractivity contribution in [1.82, 2.24) is 19.5 Å². The molecule has 2 unspecified atom stereocenters. The normalized spacial score (nSPS) is 21.1. The second-order valence-electron chi connectivity index (χ2n) is 5.73. The Morgan fingerprint density at radius 1 is 1.52 bits per heavy atom. The van der Waals surface area contributed by atoms with Gasteiger partial charge in [-0.05, 0) is 25.8 Å². The fourth-order valence-corrected chi connectivity index (χ4v) is 3.23. The highest BCUT2D eigenvalue weighted by Gasteiger charge is 2.24. The number of pyridine rings is 1. The van der Waals surface area contributed by atoms with E-state index >= 15 is 0 Å². The average Bonchev–Trinajstić information content (AvgIpc) is 3.11. The highest BCUT2D eigenvalue weighted by atomic mass is 16.5. The first-order valence-corrected chi connectivity index (χ1v) is 7.43. The molecule has 0 saturated carbocycles. The predicted molar refractivity (Wildman–Crippen MR) is 81.1 cm³/mol. The lowest BCUT2D eigenvalue weighted by Crippen LogP contribution is -2.25. The number of imidazole rings is 1. The highest BCUT2D eigenvalue weighted by Crippen LogP contribution is 2.32. The molecule has 3 aromatic heterocycles. The number of fused-ring (bicyclic) bond motifs is 3. The number of aromatic amines is 1. The summed E-state index contributed by atoms with van der Waals surface area (Å²) in [6.07, 6.45) is 5.90. The minimum atomic E-state index is -0.117. The van der Waals surface area contributed by atoms with E-state index in [1.54, 1.807) is 0 Å². The number of hydrogen-bond donors (Lipinski definition) is 2. The summed E-state index contributed by atoms with van der Waals surface area (Å²) in [7, 11) is 0. The van der Waals surface area contributed by atoms with E-state index in [2.05, 4.69) is 20.6 Å². The first kappa shape index (κ1) is 12.8. The standard InChI is InChI=1S/C15H19N5O/c1-9(16)15-19-12-7-18-14-11(4-5-17-14)13(12)20(15)10-3-2-6-21-8-10/h4-5,7,9-10H,2-3,6,8,16H2,1H3,(H,17,18). The number of rotatable bonds is 2. The lowest BCUT2D eigenvalue weighted by molar-refractivity contribution is 0.0593. The molecule has 3 aromatic rings. The second kappa shape index (κ2) is 4.82. The molecule has 0 bridgehead atoms. The zero-order valence-electron chi connectivity index (χ0n) is 12.0. The Balaban J connectivity index is 2.03. The Labute approximate surface area is 122 Å². The highest BCUT2D eigenvalue weighted by molar-refractivity contribution is 6.01. The van der Waals surface area contributed by atoms with E-state index < -0.39 is 0 Å². The first-order chi connectivity index (χ1) is 10.3. The van der Waals surface area contributed by atoms with Gasteiger partial charge in [-0.3, -0.25) is 0 Å². The van der Waals surface area contributed by atoms with Gasteiger partial charge in [0.25, 0.3) is 0 Å². The molecule has 0 radical (unpaired) electrons. The maximum Gasteiger partial charge on any atom is 0.139 e. The molecule has 0 amide bonds. The minimum absolute atomic E-state index is 0.117. The van der Waals surface area contributed by atoms with Gasteiger partial charge in [-0.2, -0.15) is 0 Å². The van der Waals surface area contributed by atoms with Gasteiger partial charge in [-0.1, -0.05) is 0 Å². The fourth-order valence-electron chi connectivity index (χ4n) is 3.23. The van der Waals surface area contributed by atoms with Crippen LogP contribution < -0.4 is 5.73 Å². The molecule has 21 heavy (non-hydrogen) atoms. The fraction of sp³-hybridized carbons (Fsp3) is 0.467. The zero-order chi connectivity index (χ0) is 14.4. The van der Waals surface area contributed by atoms with Gasteiger partial charge in [0.15, 0.2) is 0 Å². The smallest absolute Gasteiger partial charge is 0.139 e. The van der Waals surface area contributed by atoms with Gasteiger partial charge in [-0.15, -0.1) is 0 Å². The number of ether oxygens (including phenoxy) is 1. The van der Waals surface area contributed by atoms with Crippen LogP contribution in [0.15, 0.2) is 18.5 Å². The van der Waals surface area contributed by atoms with Crippen LogP contribution in [0.5, 0.6) is 0 Å². The van der Waals surface area contributed by atoms with Crippen molar-refractivity contribution in [3.63, 3.8) is 0 Å². The van der Waals surface area contributed by atoms with Crippen LogP contribution in [0.2, 0.25) is 0 Å². The maximum atomic E-state index is 6.15. The summed E-state index contributed by atoms with van der Waals surface area (Å²) in [4.78, 5) is 12.3. The summed E-state index contributed by atoms with van der Waals surface area (Å²) in [5.41, 5.74) is 9.06. The molecule has 0 spiro atoms. The number of H-pyrrole nitrogens is 1. The predicted octanol–water partition coefficient (Wildman–Crippen LogP) is 2.28. The lowest BCUT2D eigenvalue weighted by atomic mass is 10.1. The maximum absolute atomic E-state index is 6.15. The zero-order valence-corrected chi connectivity index (χ0v) is 12.0. The Morgan fingerprint density at radius 2 is 2.43 bits per heavy atom. The van der Waals surface area contributed by atoms with Crippen LogP contribution in [0.4, 0.5) is 0 Å². The number of nitrogens with zero attached hydrogens (tertiary/aromatic N) is 3. The van der Waals surface area contributed by atoms with Crippen LogP contribution in [0, 0.1) is 0 Å². The van der Waals surface area contributed by atoms with E-state index in [9.17, 15) is 0 Å². The molecule has 1 aliphatic rings. The van der Waals surface area contributed by atoms with E-state index in [0.29, 0.717) is 6.04 Å². The van der Waals surface area contributed by atoms with E-state index in [1.807, 2.05) is 19.3 Å². The van der Waals surface area contributed by atoms with E-state index in [0.717, 1.165) is 53.9 Å². The van der Waals surface area contributed by atoms with Crippen molar-refractivity contribution in [3.05, 3.63) is 24.3 Å². The third kappa shape index (κ3) is 1.94. The van der Waals surface area contributed by atoms with E-state index in [4.69, 9.17) is 15.5 Å². The molecule has 1 fully saturated rings. The van der Waals surface area contributed by atoms with Crippen LogP contribution in [0.1, 0.15) is 37.7 Å². The van der Waals surface area contributed by atoms with Crippen molar-refractivity contribution in [1.29, 1.82) is 0 Å². The summed E-state index contributed by atoms with van der Waals surface area (Å²) < 4.78 is 7.95. The van der Waals surface area contributed by atoms with Gasteiger partial charge in [0.2, 0.25) is 0 Å². The van der Waals surface area contributed by atoms with Gasteiger partial charge in [-0.25, -0.2) is 9.97 Å². The molecule has 0 aromatic carbocycles. The van der Waals surface area contributed by atoms with Crippen molar-refractivity contribution in [2.24, 2.45) is 5.73 Å².